The van der Waals surface area contributed by atoms with E-state index in [4.69, 9.17) is 18.0 Å². The van der Waals surface area contributed by atoms with Crippen molar-refractivity contribution in [3.05, 3.63) is 0 Å². The van der Waals surface area contributed by atoms with Crippen LogP contribution in [0, 0.1) is 5.41 Å². The molecule has 0 unspecified atom stereocenters. The van der Waals surface area contributed by atoms with E-state index in [0.29, 0.717) is 11.4 Å². The van der Waals surface area contributed by atoms with E-state index < -0.39 is 0 Å². The predicted molar refractivity (Wildman–Crippen MR) is 69.3 cm³/mol. The molecule has 0 spiro atoms. The second kappa shape index (κ2) is 5.59. The molecule has 0 bridgehead atoms. The Bertz CT molecular complexity index is 278. The van der Waals surface area contributed by atoms with E-state index in [2.05, 4.69) is 24.1 Å². The van der Waals surface area contributed by atoms with Crippen molar-refractivity contribution in [2.75, 3.05) is 26.2 Å². The van der Waals surface area contributed by atoms with Crippen molar-refractivity contribution in [1.29, 1.82) is 0 Å². The first-order chi connectivity index (χ1) is 7.42. The maximum Gasteiger partial charge on any atom is 0.221 e. The van der Waals surface area contributed by atoms with Crippen LogP contribution in [-0.4, -0.2) is 42.0 Å². The molecule has 3 N–H and O–H groups in total. The number of nitrogens with zero attached hydrogens (tertiary/aromatic N) is 1. The summed E-state index contributed by atoms with van der Waals surface area (Å²) >= 11 is 5.04. The van der Waals surface area contributed by atoms with E-state index >= 15 is 0 Å². The Balaban J connectivity index is 2.37. The largest absolute Gasteiger partial charge is 0.393 e. The van der Waals surface area contributed by atoms with Gasteiger partial charge >= 0.3 is 0 Å². The second-order valence-electron chi connectivity index (χ2n) is 4.94. The molecule has 1 heterocycles. The maximum atomic E-state index is 11.2. The molecule has 4 nitrogen and oxygen atoms in total. The number of hydrogen-bond donors (Lipinski definition) is 2. The summed E-state index contributed by atoms with van der Waals surface area (Å²) < 4.78 is 0. The second-order valence-corrected chi connectivity index (χ2v) is 5.38. The summed E-state index contributed by atoms with van der Waals surface area (Å²) in [5, 5.41) is 2.86. The molecule has 0 aromatic carbocycles. The highest BCUT2D eigenvalue weighted by Gasteiger charge is 2.23. The molecule has 1 fully saturated rings. The fourth-order valence-corrected chi connectivity index (χ4v) is 1.70. The average molecular weight is 243 g/mol. The Kier molecular flexibility index (Phi) is 4.68. The monoisotopic (exact) mass is 243 g/mol. The van der Waals surface area contributed by atoms with Crippen LogP contribution in [0.25, 0.3) is 0 Å². The lowest BCUT2D eigenvalue weighted by atomic mass is 9.89. The minimum atomic E-state index is -0.0981. The molecular weight excluding hydrogens is 222 g/mol. The first kappa shape index (κ1) is 13.4. The fourth-order valence-electron chi connectivity index (χ4n) is 1.60. The Morgan fingerprint density at radius 2 is 2.25 bits per heavy atom. The summed E-state index contributed by atoms with van der Waals surface area (Å²) in [5.74, 6) is 0.149. The van der Waals surface area contributed by atoms with Gasteiger partial charge in [0, 0.05) is 31.5 Å². The molecule has 0 atom stereocenters. The molecule has 0 radical (unpaired) electrons. The van der Waals surface area contributed by atoms with Crippen molar-refractivity contribution < 1.29 is 4.79 Å². The van der Waals surface area contributed by atoms with Crippen LogP contribution in [0.2, 0.25) is 0 Å². The number of hydrogen-bond acceptors (Lipinski definition) is 3. The van der Waals surface area contributed by atoms with Crippen LogP contribution in [-0.2, 0) is 4.79 Å². The third-order valence-electron chi connectivity index (χ3n) is 3.13. The van der Waals surface area contributed by atoms with Gasteiger partial charge in [-0.3, -0.25) is 4.79 Å². The molecule has 0 aromatic rings. The molecule has 0 saturated carbocycles. The zero-order valence-electron chi connectivity index (χ0n) is 10.1. The third-order valence-corrected chi connectivity index (χ3v) is 3.68. The highest BCUT2D eigenvalue weighted by atomic mass is 32.1. The molecular formula is C11H21N3OS. The van der Waals surface area contributed by atoms with Gasteiger partial charge in [-0.15, -0.1) is 0 Å². The predicted octanol–water partition coefficient (Wildman–Crippen LogP) is 0.511. The number of carbonyl (C=O) groups is 1. The molecule has 0 aliphatic carbocycles. The van der Waals surface area contributed by atoms with Crippen molar-refractivity contribution in [3.8, 4) is 0 Å². The Morgan fingerprint density at radius 3 is 2.88 bits per heavy atom. The van der Waals surface area contributed by atoms with E-state index in [1.54, 1.807) is 0 Å². The zero-order valence-corrected chi connectivity index (χ0v) is 10.9. The van der Waals surface area contributed by atoms with Gasteiger partial charge in [0.15, 0.2) is 0 Å². The van der Waals surface area contributed by atoms with E-state index in [1.165, 1.54) is 0 Å². The van der Waals surface area contributed by atoms with E-state index in [-0.39, 0.29) is 11.3 Å². The zero-order chi connectivity index (χ0) is 12.2. The summed E-state index contributed by atoms with van der Waals surface area (Å²) in [7, 11) is 0. The van der Waals surface area contributed by atoms with Crippen LogP contribution in [0.3, 0.4) is 0 Å². The van der Waals surface area contributed by atoms with Gasteiger partial charge < -0.3 is 16.0 Å². The number of rotatable bonds is 4. The van der Waals surface area contributed by atoms with E-state index in [1.807, 2.05) is 0 Å². The minimum Gasteiger partial charge on any atom is -0.393 e. The fraction of sp³-hybridized carbons (Fsp3) is 0.818. The van der Waals surface area contributed by atoms with Gasteiger partial charge in [-0.05, 0) is 13.0 Å². The topological polar surface area (TPSA) is 58.4 Å². The van der Waals surface area contributed by atoms with Gasteiger partial charge in [-0.1, -0.05) is 26.1 Å². The molecule has 92 valence electrons. The Hall–Kier alpha value is -0.680. The molecule has 16 heavy (non-hydrogen) atoms. The summed E-state index contributed by atoms with van der Waals surface area (Å²) in [6.45, 7) is 7.57. The van der Waals surface area contributed by atoms with Crippen LogP contribution in [0.15, 0.2) is 0 Å². The lowest BCUT2D eigenvalue weighted by molar-refractivity contribution is -0.120. The molecule has 5 heteroatoms. The third kappa shape index (κ3) is 4.06. The van der Waals surface area contributed by atoms with Crippen LogP contribution < -0.4 is 11.1 Å². The van der Waals surface area contributed by atoms with Gasteiger partial charge in [0.2, 0.25) is 5.91 Å². The van der Waals surface area contributed by atoms with Crippen molar-refractivity contribution >= 4 is 23.1 Å². The minimum absolute atomic E-state index is 0.0981. The van der Waals surface area contributed by atoms with Gasteiger partial charge in [0.1, 0.15) is 0 Å². The van der Waals surface area contributed by atoms with Gasteiger partial charge in [-0.2, -0.15) is 0 Å². The van der Waals surface area contributed by atoms with Crippen LogP contribution in [0.5, 0.6) is 0 Å². The standard InChI is InChI=1S/C11H21N3OS/c1-11(2,10(12)16)4-7-14-6-3-9(15)13-5-8-14/h3-8H2,1-2H3,(H2,12,16)(H,13,15). The lowest BCUT2D eigenvalue weighted by Gasteiger charge is -2.27. The van der Waals surface area contributed by atoms with Crippen molar-refractivity contribution in [1.82, 2.24) is 10.2 Å². The van der Waals surface area contributed by atoms with E-state index in [9.17, 15) is 4.79 Å². The maximum absolute atomic E-state index is 11.2. The van der Waals surface area contributed by atoms with Crippen molar-refractivity contribution in [2.24, 2.45) is 11.1 Å². The Morgan fingerprint density at radius 1 is 1.56 bits per heavy atom. The number of nitrogens with two attached hydrogens (primary N) is 1. The Labute approximate surface area is 103 Å². The normalized spacial score (nSPS) is 19.0. The summed E-state index contributed by atoms with van der Waals surface area (Å²) in [4.78, 5) is 14.0. The van der Waals surface area contributed by atoms with Crippen LogP contribution >= 0.6 is 12.2 Å². The molecule has 1 aliphatic heterocycles. The van der Waals surface area contributed by atoms with Crippen LogP contribution in [0.4, 0.5) is 0 Å². The van der Waals surface area contributed by atoms with Gasteiger partial charge in [0.05, 0.1) is 4.99 Å². The lowest BCUT2D eigenvalue weighted by Crippen LogP contribution is -2.36. The first-order valence-corrected chi connectivity index (χ1v) is 6.11. The summed E-state index contributed by atoms with van der Waals surface area (Å²) in [5.41, 5.74) is 5.59. The molecule has 1 saturated heterocycles. The SMILES string of the molecule is CC(C)(CCN1CCNC(=O)CC1)C(N)=S. The summed E-state index contributed by atoms with van der Waals surface area (Å²) in [6.07, 6.45) is 1.53. The summed E-state index contributed by atoms with van der Waals surface area (Å²) in [6, 6.07) is 0. The molecule has 1 aliphatic rings. The van der Waals surface area contributed by atoms with Crippen LogP contribution in [0.1, 0.15) is 26.7 Å². The number of carbonyl (C=O) groups excluding carboxylic acids is 1. The smallest absolute Gasteiger partial charge is 0.221 e. The first-order valence-electron chi connectivity index (χ1n) is 5.71. The van der Waals surface area contributed by atoms with E-state index in [0.717, 1.165) is 32.6 Å². The number of thiocarbonyl (C=S) groups is 1. The van der Waals surface area contributed by atoms with Gasteiger partial charge in [-0.25, -0.2) is 0 Å². The quantitative estimate of drug-likeness (QED) is 0.706. The molecule has 1 amide bonds. The highest BCUT2D eigenvalue weighted by Crippen LogP contribution is 2.21. The number of nitrogens with one attached hydrogen (secondary N) is 1. The molecule has 0 aromatic heterocycles. The van der Waals surface area contributed by atoms with Crippen molar-refractivity contribution in [3.63, 3.8) is 0 Å². The van der Waals surface area contributed by atoms with Crippen molar-refractivity contribution in [2.45, 2.75) is 26.7 Å². The van der Waals surface area contributed by atoms with Gasteiger partial charge in [0.25, 0.3) is 0 Å². The number of amides is 1. The molecule has 1 rings (SSSR count). The average Bonchev–Trinajstić information content (AvgIpc) is 2.40. The highest BCUT2D eigenvalue weighted by molar-refractivity contribution is 7.80.